The first kappa shape index (κ1) is 19.6. The van der Waals surface area contributed by atoms with Crippen LogP contribution in [0.25, 0.3) is 5.69 Å². The zero-order valence-corrected chi connectivity index (χ0v) is 17.0. The minimum atomic E-state index is -0.950. The van der Waals surface area contributed by atoms with Crippen LogP contribution in [0.1, 0.15) is 53.6 Å². The van der Waals surface area contributed by atoms with Gasteiger partial charge in [-0.15, -0.1) is 0 Å². The fourth-order valence-electron chi connectivity index (χ4n) is 3.29. The summed E-state index contributed by atoms with van der Waals surface area (Å²) >= 11 is 0. The van der Waals surface area contributed by atoms with Crippen LogP contribution in [0.15, 0.2) is 59.6 Å². The summed E-state index contributed by atoms with van der Waals surface area (Å²) in [4.78, 5) is 15.6. The van der Waals surface area contributed by atoms with E-state index < -0.39 is 5.97 Å². The second kappa shape index (κ2) is 7.47. The highest BCUT2D eigenvalue weighted by atomic mass is 16.4. The average Bonchev–Trinajstić information content (AvgIpc) is 2.93. The highest BCUT2D eigenvalue weighted by Gasteiger charge is 2.14. The summed E-state index contributed by atoms with van der Waals surface area (Å²) in [6, 6.07) is 17.4. The number of hydrogen-bond acceptors (Lipinski definition) is 2. The predicted molar refractivity (Wildman–Crippen MR) is 115 cm³/mol. The molecule has 0 radical (unpaired) electrons. The second-order valence-corrected chi connectivity index (χ2v) is 8.07. The number of hydrogen-bond donors (Lipinski definition) is 1. The first-order chi connectivity index (χ1) is 13.2. The molecule has 4 heteroatoms. The summed E-state index contributed by atoms with van der Waals surface area (Å²) in [6.07, 6.45) is 1.79. The van der Waals surface area contributed by atoms with Crippen LogP contribution >= 0.6 is 0 Å². The van der Waals surface area contributed by atoms with Gasteiger partial charge in [0.25, 0.3) is 0 Å². The third kappa shape index (κ3) is 4.06. The zero-order chi connectivity index (χ0) is 20.5. The molecule has 144 valence electrons. The lowest BCUT2D eigenvalue weighted by molar-refractivity contribution is 0.0697. The first-order valence-electron chi connectivity index (χ1n) is 9.34. The van der Waals surface area contributed by atoms with Gasteiger partial charge in [-0.1, -0.05) is 39.0 Å². The van der Waals surface area contributed by atoms with E-state index in [4.69, 9.17) is 5.11 Å². The van der Waals surface area contributed by atoms with Crippen molar-refractivity contribution in [3.63, 3.8) is 0 Å². The van der Waals surface area contributed by atoms with Gasteiger partial charge in [-0.25, -0.2) is 4.79 Å². The largest absolute Gasteiger partial charge is 0.478 e. The summed E-state index contributed by atoms with van der Waals surface area (Å²) in [7, 11) is 0. The number of carboxylic acid groups (broad SMARTS) is 1. The molecular weight excluding hydrogens is 348 g/mol. The number of aliphatic imine (C=N–C) groups is 1. The van der Waals surface area contributed by atoms with Gasteiger partial charge < -0.3 is 9.67 Å². The van der Waals surface area contributed by atoms with Crippen LogP contribution in [0, 0.1) is 13.8 Å². The minimum Gasteiger partial charge on any atom is -0.478 e. The quantitative estimate of drug-likeness (QED) is 0.583. The molecule has 0 spiro atoms. The minimum absolute atomic E-state index is 0.127. The Labute approximate surface area is 166 Å². The molecule has 0 aliphatic carbocycles. The average molecular weight is 374 g/mol. The van der Waals surface area contributed by atoms with Gasteiger partial charge in [0.05, 0.1) is 11.3 Å². The van der Waals surface area contributed by atoms with Crippen LogP contribution in [-0.4, -0.2) is 21.9 Å². The molecule has 0 bridgehead atoms. The van der Waals surface area contributed by atoms with Crippen LogP contribution in [0.5, 0.6) is 0 Å². The van der Waals surface area contributed by atoms with E-state index in [2.05, 4.69) is 74.5 Å². The van der Waals surface area contributed by atoms with Crippen molar-refractivity contribution in [2.75, 3.05) is 0 Å². The van der Waals surface area contributed by atoms with Crippen molar-refractivity contribution in [1.82, 2.24) is 4.57 Å². The number of benzene rings is 2. The van der Waals surface area contributed by atoms with Crippen molar-refractivity contribution in [1.29, 1.82) is 0 Å². The van der Waals surface area contributed by atoms with E-state index in [9.17, 15) is 4.79 Å². The summed E-state index contributed by atoms with van der Waals surface area (Å²) < 4.78 is 2.21. The molecule has 1 heterocycles. The SMILES string of the molecule is Cc1cc(C=Nc2cccc(C(=O)O)c2)c(C)n1-c1ccc(C(C)(C)C)cc1. The Morgan fingerprint density at radius 2 is 1.71 bits per heavy atom. The molecule has 0 saturated heterocycles. The molecule has 0 fully saturated rings. The molecule has 0 saturated carbocycles. The van der Waals surface area contributed by atoms with E-state index in [1.807, 2.05) is 0 Å². The van der Waals surface area contributed by atoms with Gasteiger partial charge in [-0.2, -0.15) is 0 Å². The Morgan fingerprint density at radius 3 is 2.32 bits per heavy atom. The Kier molecular flexibility index (Phi) is 5.23. The smallest absolute Gasteiger partial charge is 0.335 e. The van der Waals surface area contributed by atoms with Crippen molar-refractivity contribution < 1.29 is 9.90 Å². The molecule has 4 nitrogen and oxygen atoms in total. The fourth-order valence-corrected chi connectivity index (χ4v) is 3.29. The van der Waals surface area contributed by atoms with Crippen molar-refractivity contribution in [3.05, 3.63) is 82.7 Å². The third-order valence-electron chi connectivity index (χ3n) is 4.91. The van der Waals surface area contributed by atoms with Gasteiger partial charge in [-0.05, 0) is 61.2 Å². The number of carbonyl (C=O) groups is 1. The van der Waals surface area contributed by atoms with Crippen molar-refractivity contribution >= 4 is 17.9 Å². The number of rotatable bonds is 4. The van der Waals surface area contributed by atoms with Gasteiger partial charge in [0.1, 0.15) is 0 Å². The Balaban J connectivity index is 1.92. The molecular formula is C24H26N2O2. The number of carboxylic acids is 1. The van der Waals surface area contributed by atoms with Crippen molar-refractivity contribution in [2.45, 2.75) is 40.0 Å². The maximum Gasteiger partial charge on any atom is 0.335 e. The van der Waals surface area contributed by atoms with Gasteiger partial charge in [-0.3, -0.25) is 4.99 Å². The van der Waals surface area contributed by atoms with Gasteiger partial charge in [0.2, 0.25) is 0 Å². The summed E-state index contributed by atoms with van der Waals surface area (Å²) in [6.45, 7) is 10.8. The van der Waals surface area contributed by atoms with Crippen molar-refractivity contribution in [3.8, 4) is 5.69 Å². The topological polar surface area (TPSA) is 54.6 Å². The number of nitrogens with zero attached hydrogens (tertiary/aromatic N) is 2. The summed E-state index contributed by atoms with van der Waals surface area (Å²) in [5.74, 6) is -0.950. The molecule has 0 unspecified atom stereocenters. The van der Waals surface area contributed by atoms with Crippen LogP contribution in [0.3, 0.4) is 0 Å². The highest BCUT2D eigenvalue weighted by Crippen LogP contribution is 2.26. The molecule has 1 N–H and O–H groups in total. The van der Waals surface area contributed by atoms with Crippen molar-refractivity contribution in [2.24, 2.45) is 4.99 Å². The van der Waals surface area contributed by atoms with Gasteiger partial charge in [0, 0.05) is 28.9 Å². The molecule has 0 aliphatic heterocycles. The van der Waals surface area contributed by atoms with E-state index >= 15 is 0 Å². The lowest BCUT2D eigenvalue weighted by atomic mass is 9.87. The molecule has 0 atom stereocenters. The van der Waals surface area contributed by atoms with E-state index in [-0.39, 0.29) is 11.0 Å². The van der Waals surface area contributed by atoms with Crippen LogP contribution in [0.2, 0.25) is 0 Å². The summed E-state index contributed by atoms with van der Waals surface area (Å²) in [5, 5.41) is 9.12. The van der Waals surface area contributed by atoms with E-state index in [1.165, 1.54) is 5.56 Å². The third-order valence-corrected chi connectivity index (χ3v) is 4.91. The van der Waals surface area contributed by atoms with E-state index in [1.54, 1.807) is 30.5 Å². The first-order valence-corrected chi connectivity index (χ1v) is 9.34. The predicted octanol–water partition coefficient (Wildman–Crippen LogP) is 5.84. The normalized spacial score (nSPS) is 11.9. The summed E-state index contributed by atoms with van der Waals surface area (Å²) in [5.41, 5.74) is 6.65. The molecule has 0 amide bonds. The molecule has 28 heavy (non-hydrogen) atoms. The Hall–Kier alpha value is -3.14. The number of aryl methyl sites for hydroxylation is 1. The lowest BCUT2D eigenvalue weighted by Crippen LogP contribution is -2.11. The van der Waals surface area contributed by atoms with Gasteiger partial charge >= 0.3 is 5.97 Å². The number of aromatic carboxylic acids is 1. The molecule has 2 aromatic carbocycles. The monoisotopic (exact) mass is 374 g/mol. The lowest BCUT2D eigenvalue weighted by Gasteiger charge is -2.20. The highest BCUT2D eigenvalue weighted by molar-refractivity contribution is 5.89. The van der Waals surface area contributed by atoms with Crippen LogP contribution in [-0.2, 0) is 5.41 Å². The maximum absolute atomic E-state index is 11.1. The van der Waals surface area contributed by atoms with Crippen LogP contribution in [0.4, 0.5) is 5.69 Å². The zero-order valence-electron chi connectivity index (χ0n) is 17.0. The molecule has 3 rings (SSSR count). The maximum atomic E-state index is 11.1. The second-order valence-electron chi connectivity index (χ2n) is 8.07. The number of aromatic nitrogens is 1. The van der Waals surface area contributed by atoms with Crippen LogP contribution < -0.4 is 0 Å². The standard InChI is InChI=1S/C24H26N2O2/c1-16-13-19(15-25-21-8-6-7-18(14-21)23(27)28)17(2)26(16)22-11-9-20(10-12-22)24(3,4)5/h6-15H,1-5H3,(H,27,28). The van der Waals surface area contributed by atoms with E-state index in [0.29, 0.717) is 5.69 Å². The Bertz CT molecular complexity index is 1040. The van der Waals surface area contributed by atoms with Gasteiger partial charge in [0.15, 0.2) is 0 Å². The molecule has 3 aromatic rings. The Morgan fingerprint density at radius 1 is 1.04 bits per heavy atom. The molecule has 0 aliphatic rings. The molecule has 1 aromatic heterocycles. The van der Waals surface area contributed by atoms with E-state index in [0.717, 1.165) is 22.6 Å². The fraction of sp³-hybridized carbons (Fsp3) is 0.250.